The van der Waals surface area contributed by atoms with Gasteiger partial charge in [0.1, 0.15) is 0 Å². The van der Waals surface area contributed by atoms with Gasteiger partial charge < -0.3 is 4.57 Å². The average Bonchev–Trinajstić information content (AvgIpc) is 3.53. The molecule has 1 nitrogen and oxygen atoms in total. The lowest BCUT2D eigenvalue weighted by Gasteiger charge is -2.18. The van der Waals surface area contributed by atoms with Crippen LogP contribution >= 0.6 is 0 Å². The Hall–Kier alpha value is -6.44. The Morgan fingerprint density at radius 3 is 1.53 bits per heavy atom. The molecule has 10 rings (SSSR count). The number of aromatic nitrogens is 1. The normalized spacial score (nSPS) is 11.7. The monoisotopic (exact) mass is 621 g/mol. The van der Waals surface area contributed by atoms with Crippen molar-refractivity contribution in [3.05, 3.63) is 188 Å². The van der Waals surface area contributed by atoms with Gasteiger partial charge in [-0.25, -0.2) is 0 Å². The second kappa shape index (κ2) is 11.1. The van der Waals surface area contributed by atoms with Crippen LogP contribution in [0.15, 0.2) is 188 Å². The number of fused-ring (bicyclic) bond motifs is 10. The Morgan fingerprint density at radius 2 is 0.796 bits per heavy atom. The maximum absolute atomic E-state index is 2.52. The van der Waals surface area contributed by atoms with Gasteiger partial charge in [-0.3, -0.25) is 0 Å². The van der Waals surface area contributed by atoms with Crippen LogP contribution in [0.2, 0.25) is 0 Å². The van der Waals surface area contributed by atoms with Crippen molar-refractivity contribution in [2.45, 2.75) is 0 Å². The first-order valence-corrected chi connectivity index (χ1v) is 17.0. The smallest absolute Gasteiger partial charge is 0.0626 e. The number of rotatable bonds is 4. The summed E-state index contributed by atoms with van der Waals surface area (Å²) in [4.78, 5) is 0. The zero-order valence-electron chi connectivity index (χ0n) is 26.8. The summed E-state index contributed by atoms with van der Waals surface area (Å²) in [6.45, 7) is 0. The fourth-order valence-electron chi connectivity index (χ4n) is 8.12. The van der Waals surface area contributed by atoms with Gasteiger partial charge in [0.15, 0.2) is 0 Å². The van der Waals surface area contributed by atoms with Crippen LogP contribution in [0.3, 0.4) is 0 Å². The molecule has 0 spiro atoms. The fraction of sp³-hybridized carbons (Fsp3) is 0. The molecule has 1 heteroatoms. The lowest BCUT2D eigenvalue weighted by molar-refractivity contribution is 1.19. The van der Waals surface area contributed by atoms with E-state index in [1.807, 2.05) is 0 Å². The van der Waals surface area contributed by atoms with E-state index < -0.39 is 0 Å². The molecule has 0 saturated heterocycles. The fourth-order valence-corrected chi connectivity index (χ4v) is 8.12. The summed E-state index contributed by atoms with van der Waals surface area (Å²) in [5.74, 6) is 0. The Bertz CT molecular complexity index is 2860. The van der Waals surface area contributed by atoms with Crippen molar-refractivity contribution in [2.75, 3.05) is 0 Å². The molecule has 0 bridgehead atoms. The predicted molar refractivity (Wildman–Crippen MR) is 210 cm³/mol. The van der Waals surface area contributed by atoms with Crippen LogP contribution in [0.5, 0.6) is 0 Å². The van der Waals surface area contributed by atoms with E-state index in [4.69, 9.17) is 0 Å². The third-order valence-corrected chi connectivity index (χ3v) is 10.2. The van der Waals surface area contributed by atoms with Gasteiger partial charge in [0.25, 0.3) is 0 Å². The first-order chi connectivity index (χ1) is 24.4. The van der Waals surface area contributed by atoms with Crippen molar-refractivity contribution >= 4 is 54.1 Å². The van der Waals surface area contributed by atoms with E-state index in [1.54, 1.807) is 0 Å². The van der Waals surface area contributed by atoms with Gasteiger partial charge in [-0.05, 0) is 67.6 Å². The Morgan fingerprint density at radius 1 is 0.286 bits per heavy atom. The topological polar surface area (TPSA) is 4.93 Å². The molecule has 228 valence electrons. The van der Waals surface area contributed by atoms with E-state index in [2.05, 4.69) is 193 Å². The van der Waals surface area contributed by atoms with Crippen molar-refractivity contribution in [1.82, 2.24) is 4.57 Å². The van der Waals surface area contributed by atoms with Crippen LogP contribution in [0.4, 0.5) is 0 Å². The zero-order chi connectivity index (χ0) is 32.3. The SMILES string of the molecule is c1ccc(-c2ccccc2-c2cc3c4ccccc4c4c(c5ccccc5n4-c4ccccc4-c4ccccc4)c3c3ccccc23)cc1. The van der Waals surface area contributed by atoms with Gasteiger partial charge in [0.05, 0.1) is 16.7 Å². The summed E-state index contributed by atoms with van der Waals surface area (Å²) in [6.07, 6.45) is 0. The highest BCUT2D eigenvalue weighted by Gasteiger charge is 2.23. The van der Waals surface area contributed by atoms with Crippen molar-refractivity contribution in [1.29, 1.82) is 0 Å². The number of para-hydroxylation sites is 2. The molecular weight excluding hydrogens is 591 g/mol. The maximum atomic E-state index is 2.52. The molecule has 0 N–H and O–H groups in total. The van der Waals surface area contributed by atoms with Crippen molar-refractivity contribution in [2.24, 2.45) is 0 Å². The average molecular weight is 622 g/mol. The van der Waals surface area contributed by atoms with Crippen LogP contribution in [-0.2, 0) is 0 Å². The second-order valence-electron chi connectivity index (χ2n) is 12.8. The summed E-state index contributed by atoms with van der Waals surface area (Å²) >= 11 is 0. The number of hydrogen-bond acceptors (Lipinski definition) is 0. The van der Waals surface area contributed by atoms with Gasteiger partial charge in [-0.1, -0.05) is 170 Å². The van der Waals surface area contributed by atoms with Gasteiger partial charge >= 0.3 is 0 Å². The second-order valence-corrected chi connectivity index (χ2v) is 12.8. The van der Waals surface area contributed by atoms with E-state index in [0.29, 0.717) is 0 Å². The highest BCUT2D eigenvalue weighted by molar-refractivity contribution is 6.38. The first-order valence-electron chi connectivity index (χ1n) is 17.0. The van der Waals surface area contributed by atoms with Crippen LogP contribution in [0.1, 0.15) is 0 Å². The summed E-state index contributed by atoms with van der Waals surface area (Å²) in [7, 11) is 0. The van der Waals surface area contributed by atoms with Crippen LogP contribution in [-0.4, -0.2) is 4.57 Å². The largest absolute Gasteiger partial charge is 0.308 e. The molecule has 0 atom stereocenters. The third kappa shape index (κ3) is 4.19. The van der Waals surface area contributed by atoms with E-state index in [0.717, 1.165) is 0 Å². The van der Waals surface area contributed by atoms with Gasteiger partial charge in [-0.2, -0.15) is 0 Å². The van der Waals surface area contributed by atoms with Crippen LogP contribution in [0, 0.1) is 0 Å². The molecule has 0 saturated carbocycles. The Labute approximate surface area is 284 Å². The molecule has 0 radical (unpaired) electrons. The number of benzene rings is 9. The van der Waals surface area contributed by atoms with Gasteiger partial charge in [0, 0.05) is 27.1 Å². The van der Waals surface area contributed by atoms with E-state index >= 15 is 0 Å². The lowest BCUT2D eigenvalue weighted by Crippen LogP contribution is -1.98. The van der Waals surface area contributed by atoms with E-state index in [1.165, 1.54) is 93.2 Å². The molecule has 0 fully saturated rings. The molecule has 10 aromatic rings. The molecule has 1 aromatic heterocycles. The minimum atomic E-state index is 1.18. The van der Waals surface area contributed by atoms with Crippen molar-refractivity contribution in [3.8, 4) is 39.1 Å². The maximum Gasteiger partial charge on any atom is 0.0626 e. The molecule has 49 heavy (non-hydrogen) atoms. The molecule has 9 aromatic carbocycles. The Balaban J connectivity index is 1.41. The van der Waals surface area contributed by atoms with Crippen molar-refractivity contribution < 1.29 is 0 Å². The van der Waals surface area contributed by atoms with E-state index in [-0.39, 0.29) is 0 Å². The molecule has 1 heterocycles. The predicted octanol–water partition coefficient (Wildman–Crippen LogP) is 13.2. The minimum Gasteiger partial charge on any atom is -0.308 e. The minimum absolute atomic E-state index is 1.18. The van der Waals surface area contributed by atoms with Crippen LogP contribution in [0.25, 0.3) is 93.2 Å². The van der Waals surface area contributed by atoms with Gasteiger partial charge in [0.2, 0.25) is 0 Å². The first kappa shape index (κ1) is 27.7. The summed E-state index contributed by atoms with van der Waals surface area (Å²) in [5, 5.41) is 10.2. The highest BCUT2D eigenvalue weighted by atomic mass is 15.0. The molecule has 0 unspecified atom stereocenters. The quantitative estimate of drug-likeness (QED) is 0.172. The number of hydrogen-bond donors (Lipinski definition) is 0. The molecular formula is C48H31N. The Kier molecular flexibility index (Phi) is 6.25. The van der Waals surface area contributed by atoms with E-state index in [9.17, 15) is 0 Å². The molecule has 0 aliphatic heterocycles. The molecule has 0 aliphatic rings. The lowest BCUT2D eigenvalue weighted by atomic mass is 9.86. The summed E-state index contributed by atoms with van der Waals surface area (Å²) in [6, 6.07) is 68.6. The van der Waals surface area contributed by atoms with Crippen molar-refractivity contribution in [3.63, 3.8) is 0 Å². The third-order valence-electron chi connectivity index (χ3n) is 10.2. The highest BCUT2D eigenvalue weighted by Crippen LogP contribution is 2.48. The standard InChI is InChI=1S/C48H31N/c1-3-17-32(18-4-1)34-21-7-8-23-36(34)42-31-43-38-25-10-12-27-40(38)48-47(46(43)39-26-11-9-24-37(39)42)41-28-14-16-30-45(41)49(48)44-29-15-13-22-35(44)33-19-5-2-6-20-33/h1-31H. The number of nitrogens with zero attached hydrogens (tertiary/aromatic N) is 1. The molecule has 0 amide bonds. The van der Waals surface area contributed by atoms with Crippen LogP contribution < -0.4 is 0 Å². The zero-order valence-corrected chi connectivity index (χ0v) is 26.8. The summed E-state index contributed by atoms with van der Waals surface area (Å²) < 4.78 is 2.52. The molecule has 0 aliphatic carbocycles. The van der Waals surface area contributed by atoms with Gasteiger partial charge in [-0.15, -0.1) is 0 Å². The summed E-state index contributed by atoms with van der Waals surface area (Å²) in [5.41, 5.74) is 11.0.